The molecule has 0 saturated heterocycles. The van der Waals surface area contributed by atoms with Crippen LogP contribution in [0.25, 0.3) is 11.4 Å². The molecule has 1 amide bonds. The number of aryl methyl sites for hydroxylation is 1. The molecule has 7 heteroatoms. The lowest BCUT2D eigenvalue weighted by Crippen LogP contribution is -2.45. The molecular weight excluding hydrogens is 402 g/mol. The summed E-state index contributed by atoms with van der Waals surface area (Å²) in [6, 6.07) is 9.22. The molecule has 0 unspecified atom stereocenters. The number of hydrogen-bond acceptors (Lipinski definition) is 6. The van der Waals surface area contributed by atoms with Gasteiger partial charge in [0.15, 0.2) is 5.82 Å². The molecule has 0 aliphatic heterocycles. The van der Waals surface area contributed by atoms with E-state index < -0.39 is 6.10 Å². The first-order chi connectivity index (χ1) is 15.5. The molecule has 2 heterocycles. The van der Waals surface area contributed by atoms with Gasteiger partial charge in [-0.3, -0.25) is 9.78 Å². The van der Waals surface area contributed by atoms with E-state index in [1.165, 1.54) is 0 Å². The minimum absolute atomic E-state index is 0.0386. The molecule has 3 N–H and O–H groups in total. The molecule has 4 rings (SSSR count). The van der Waals surface area contributed by atoms with Crippen LogP contribution >= 0.6 is 0 Å². The SMILES string of the molecule is Cc1ccc(C(=O)N[C@H]2CCCC[C@@H]2O)cc1N[C@@H](C)c1cncc(-c2ncccn2)c1. The zero-order valence-corrected chi connectivity index (χ0v) is 18.5. The van der Waals surface area contributed by atoms with Gasteiger partial charge in [-0.2, -0.15) is 0 Å². The van der Waals surface area contributed by atoms with Gasteiger partial charge in [0.1, 0.15) is 0 Å². The normalized spacial score (nSPS) is 19.2. The number of hydrogen-bond donors (Lipinski definition) is 3. The van der Waals surface area contributed by atoms with Gasteiger partial charge in [-0.1, -0.05) is 18.9 Å². The van der Waals surface area contributed by atoms with Crippen molar-refractivity contribution >= 4 is 11.6 Å². The van der Waals surface area contributed by atoms with Crippen LogP contribution in [0.2, 0.25) is 0 Å². The Bertz CT molecular complexity index is 1070. The van der Waals surface area contributed by atoms with E-state index >= 15 is 0 Å². The van der Waals surface area contributed by atoms with Gasteiger partial charge in [-0.25, -0.2) is 9.97 Å². The molecule has 1 fully saturated rings. The minimum atomic E-state index is -0.468. The first kappa shape index (κ1) is 21.9. The van der Waals surface area contributed by atoms with Gasteiger partial charge in [0.2, 0.25) is 0 Å². The van der Waals surface area contributed by atoms with E-state index in [0.717, 1.165) is 48.1 Å². The third-order valence-electron chi connectivity index (χ3n) is 6.00. The molecule has 1 aliphatic carbocycles. The van der Waals surface area contributed by atoms with Crippen LogP contribution in [0.1, 0.15) is 60.1 Å². The molecule has 1 aliphatic rings. The first-order valence-corrected chi connectivity index (χ1v) is 11.1. The molecule has 166 valence electrons. The number of pyridine rings is 1. The van der Waals surface area contributed by atoms with Gasteiger partial charge < -0.3 is 15.7 Å². The van der Waals surface area contributed by atoms with Crippen LogP contribution < -0.4 is 10.6 Å². The third kappa shape index (κ3) is 5.11. The molecule has 0 bridgehead atoms. The molecule has 7 nitrogen and oxygen atoms in total. The van der Waals surface area contributed by atoms with Crippen LogP contribution in [0, 0.1) is 6.92 Å². The van der Waals surface area contributed by atoms with Crippen LogP contribution in [-0.4, -0.2) is 38.1 Å². The fourth-order valence-electron chi connectivity index (χ4n) is 4.03. The number of nitrogens with one attached hydrogen (secondary N) is 2. The van der Waals surface area contributed by atoms with Crippen molar-refractivity contribution in [2.45, 2.75) is 57.7 Å². The number of aromatic nitrogens is 3. The third-order valence-corrected chi connectivity index (χ3v) is 6.00. The van der Waals surface area contributed by atoms with Gasteiger partial charge >= 0.3 is 0 Å². The van der Waals surface area contributed by atoms with E-state index in [0.29, 0.717) is 11.4 Å². The minimum Gasteiger partial charge on any atom is -0.391 e. The lowest BCUT2D eigenvalue weighted by Gasteiger charge is -2.28. The van der Waals surface area contributed by atoms with Crippen molar-refractivity contribution in [1.29, 1.82) is 0 Å². The Balaban J connectivity index is 1.49. The zero-order chi connectivity index (χ0) is 22.5. The number of aliphatic hydroxyl groups is 1. The van der Waals surface area contributed by atoms with Crippen molar-refractivity contribution in [3.8, 4) is 11.4 Å². The number of benzene rings is 1. The molecule has 0 radical (unpaired) electrons. The zero-order valence-electron chi connectivity index (χ0n) is 18.5. The Morgan fingerprint density at radius 2 is 1.91 bits per heavy atom. The van der Waals surface area contributed by atoms with E-state index in [2.05, 4.69) is 32.5 Å². The van der Waals surface area contributed by atoms with Crippen molar-refractivity contribution in [2.24, 2.45) is 0 Å². The Kier molecular flexibility index (Phi) is 6.75. The van der Waals surface area contributed by atoms with Crippen molar-refractivity contribution in [2.75, 3.05) is 5.32 Å². The van der Waals surface area contributed by atoms with Gasteiger partial charge in [0, 0.05) is 41.6 Å². The Labute approximate surface area is 188 Å². The number of carbonyl (C=O) groups excluding carboxylic acids is 1. The maximum Gasteiger partial charge on any atom is 0.251 e. The number of nitrogens with zero attached hydrogens (tertiary/aromatic N) is 3. The van der Waals surface area contributed by atoms with E-state index in [-0.39, 0.29) is 18.0 Å². The lowest BCUT2D eigenvalue weighted by molar-refractivity contribution is 0.0717. The summed E-state index contributed by atoms with van der Waals surface area (Å²) in [5, 5.41) is 16.7. The maximum absolute atomic E-state index is 12.8. The summed E-state index contributed by atoms with van der Waals surface area (Å²) in [6.45, 7) is 4.06. The van der Waals surface area contributed by atoms with Gasteiger partial charge in [-0.05, 0) is 62.1 Å². The summed E-state index contributed by atoms with van der Waals surface area (Å²) >= 11 is 0. The fourth-order valence-corrected chi connectivity index (χ4v) is 4.03. The van der Waals surface area contributed by atoms with Crippen LogP contribution in [0.4, 0.5) is 5.69 Å². The van der Waals surface area contributed by atoms with E-state index in [1.54, 1.807) is 24.7 Å². The fraction of sp³-hybridized carbons (Fsp3) is 0.360. The molecule has 3 atom stereocenters. The molecule has 1 aromatic carbocycles. The van der Waals surface area contributed by atoms with Crippen molar-refractivity contribution < 1.29 is 9.90 Å². The monoisotopic (exact) mass is 431 g/mol. The molecule has 0 spiro atoms. The number of carbonyl (C=O) groups is 1. The standard InChI is InChI=1S/C25H29N5O2/c1-16-8-9-18(25(32)30-21-6-3-4-7-23(21)31)13-22(16)29-17(2)19-12-20(15-26-14-19)24-27-10-5-11-28-24/h5,8-15,17,21,23,29,31H,3-4,6-7H2,1-2H3,(H,30,32)/t17-,21-,23-/m0/s1. The molecule has 32 heavy (non-hydrogen) atoms. The highest BCUT2D eigenvalue weighted by Gasteiger charge is 2.25. The van der Waals surface area contributed by atoms with Gasteiger partial charge in [-0.15, -0.1) is 0 Å². The van der Waals surface area contributed by atoms with Crippen LogP contribution in [0.5, 0.6) is 0 Å². The predicted molar refractivity (Wildman–Crippen MR) is 124 cm³/mol. The van der Waals surface area contributed by atoms with Gasteiger partial charge in [0.05, 0.1) is 18.2 Å². The summed E-state index contributed by atoms with van der Waals surface area (Å²) < 4.78 is 0. The summed E-state index contributed by atoms with van der Waals surface area (Å²) in [6.07, 6.45) is 10.1. The summed E-state index contributed by atoms with van der Waals surface area (Å²) in [7, 11) is 0. The average Bonchev–Trinajstić information content (AvgIpc) is 2.82. The van der Waals surface area contributed by atoms with Crippen LogP contribution in [0.15, 0.2) is 55.1 Å². The van der Waals surface area contributed by atoms with Crippen molar-refractivity contribution in [3.63, 3.8) is 0 Å². The number of aliphatic hydroxyl groups excluding tert-OH is 1. The second kappa shape index (κ2) is 9.87. The highest BCUT2D eigenvalue weighted by Crippen LogP contribution is 2.26. The second-order valence-electron chi connectivity index (χ2n) is 8.41. The van der Waals surface area contributed by atoms with Gasteiger partial charge in [0.25, 0.3) is 5.91 Å². The lowest BCUT2D eigenvalue weighted by atomic mass is 9.92. The molecular formula is C25H29N5O2. The molecule has 3 aromatic rings. The number of rotatable bonds is 6. The Morgan fingerprint density at radius 1 is 1.12 bits per heavy atom. The highest BCUT2D eigenvalue weighted by atomic mass is 16.3. The van der Waals surface area contributed by atoms with E-state index in [1.807, 2.05) is 37.4 Å². The Morgan fingerprint density at radius 3 is 2.69 bits per heavy atom. The molecule has 2 aromatic heterocycles. The highest BCUT2D eigenvalue weighted by molar-refractivity contribution is 5.95. The van der Waals surface area contributed by atoms with Crippen LogP contribution in [-0.2, 0) is 0 Å². The maximum atomic E-state index is 12.8. The smallest absolute Gasteiger partial charge is 0.251 e. The summed E-state index contributed by atoms with van der Waals surface area (Å²) in [4.78, 5) is 25.8. The quantitative estimate of drug-likeness (QED) is 0.544. The number of anilines is 1. The van der Waals surface area contributed by atoms with Crippen molar-refractivity contribution in [1.82, 2.24) is 20.3 Å². The largest absolute Gasteiger partial charge is 0.391 e. The van der Waals surface area contributed by atoms with E-state index in [4.69, 9.17) is 0 Å². The van der Waals surface area contributed by atoms with Crippen molar-refractivity contribution in [3.05, 3.63) is 71.8 Å². The first-order valence-electron chi connectivity index (χ1n) is 11.1. The Hall–Kier alpha value is -3.32. The molecule has 1 saturated carbocycles. The average molecular weight is 432 g/mol. The number of amides is 1. The summed E-state index contributed by atoms with van der Waals surface area (Å²) in [5.41, 5.74) is 4.35. The topological polar surface area (TPSA) is 100 Å². The van der Waals surface area contributed by atoms with Crippen LogP contribution in [0.3, 0.4) is 0 Å². The summed E-state index contributed by atoms with van der Waals surface area (Å²) in [5.74, 6) is 0.477. The predicted octanol–water partition coefficient (Wildman–Crippen LogP) is 4.05. The second-order valence-corrected chi connectivity index (χ2v) is 8.41. The van der Waals surface area contributed by atoms with E-state index in [9.17, 15) is 9.90 Å².